The van der Waals surface area contributed by atoms with Gasteiger partial charge in [0.1, 0.15) is 0 Å². The van der Waals surface area contributed by atoms with Crippen LogP contribution in [0.15, 0.2) is 23.0 Å². The number of benzene rings is 1. The minimum absolute atomic E-state index is 0.0851. The summed E-state index contributed by atoms with van der Waals surface area (Å²) in [5.74, 6) is -0.333. The number of fused-ring (bicyclic) bond motifs is 1. The Morgan fingerprint density at radius 1 is 1.22 bits per heavy atom. The van der Waals surface area contributed by atoms with Crippen LogP contribution in [0.3, 0.4) is 0 Å². The smallest absolute Gasteiger partial charge is 0.329 e. The van der Waals surface area contributed by atoms with Gasteiger partial charge in [0.15, 0.2) is 0 Å². The van der Waals surface area contributed by atoms with E-state index in [0.717, 1.165) is 49.8 Å². The zero-order chi connectivity index (χ0) is 19.6. The number of hydrogen-bond donors (Lipinski definition) is 1. The first-order chi connectivity index (χ1) is 13.0. The maximum Gasteiger partial charge on any atom is 0.329 e. The van der Waals surface area contributed by atoms with E-state index in [1.807, 2.05) is 21.0 Å². The molecule has 0 bridgehead atoms. The second kappa shape index (κ2) is 8.30. The van der Waals surface area contributed by atoms with Gasteiger partial charge in [-0.15, -0.1) is 0 Å². The average Bonchev–Trinajstić information content (AvgIpc) is 2.92. The molecular weight excluding hydrogens is 342 g/mol. The highest BCUT2D eigenvalue weighted by atomic mass is 16.4. The van der Waals surface area contributed by atoms with Crippen molar-refractivity contribution in [3.8, 4) is 0 Å². The molecule has 1 aliphatic rings. The molecule has 1 unspecified atom stereocenters. The zero-order valence-corrected chi connectivity index (χ0v) is 16.6. The topological polar surface area (TPSA) is 67.5 Å². The van der Waals surface area contributed by atoms with Crippen LogP contribution in [0.5, 0.6) is 0 Å². The van der Waals surface area contributed by atoms with Gasteiger partial charge in [0, 0.05) is 12.6 Å². The summed E-state index contributed by atoms with van der Waals surface area (Å²) >= 11 is 0. The van der Waals surface area contributed by atoms with Crippen molar-refractivity contribution in [1.29, 1.82) is 0 Å². The molecule has 1 saturated heterocycles. The van der Waals surface area contributed by atoms with Gasteiger partial charge in [-0.25, -0.2) is 4.79 Å². The first-order valence-corrected chi connectivity index (χ1v) is 10.1. The van der Waals surface area contributed by atoms with Gasteiger partial charge in [0.05, 0.1) is 17.6 Å². The summed E-state index contributed by atoms with van der Waals surface area (Å²) in [4.78, 5) is 25.8. The van der Waals surface area contributed by atoms with Crippen LogP contribution >= 0.6 is 0 Å². The summed E-state index contributed by atoms with van der Waals surface area (Å²) < 4.78 is 3.83. The molecule has 2 aromatic rings. The molecule has 6 heteroatoms. The number of carbonyl (C=O) groups is 1. The van der Waals surface area contributed by atoms with E-state index in [4.69, 9.17) is 5.11 Å². The van der Waals surface area contributed by atoms with Crippen LogP contribution in [0.25, 0.3) is 11.0 Å². The van der Waals surface area contributed by atoms with Gasteiger partial charge in [-0.2, -0.15) is 0 Å². The number of aromatic nitrogens is 2. The van der Waals surface area contributed by atoms with E-state index in [1.165, 1.54) is 5.56 Å². The Balaban J connectivity index is 1.90. The first kappa shape index (κ1) is 19.7. The van der Waals surface area contributed by atoms with Crippen LogP contribution in [0.4, 0.5) is 0 Å². The highest BCUT2D eigenvalue weighted by Gasteiger charge is 2.23. The van der Waals surface area contributed by atoms with Crippen LogP contribution in [0.2, 0.25) is 0 Å². The summed E-state index contributed by atoms with van der Waals surface area (Å²) in [5, 5.41) is 8.96. The van der Waals surface area contributed by atoms with Crippen molar-refractivity contribution in [2.24, 2.45) is 0 Å². The standard InChI is InChI=1S/C21H31N3O3/c1-4-6-15(3)24-18-8-7-17(13-19(18)23(5-2)21(24)27)16-9-11-22(12-10-16)14-20(25)26/h7-8,13,15-16H,4-6,9-12,14H2,1-3H3,(H,25,26). The molecule has 0 aliphatic carbocycles. The number of aryl methyl sites for hydroxylation is 1. The lowest BCUT2D eigenvalue weighted by Crippen LogP contribution is -2.36. The molecule has 1 aromatic heterocycles. The Morgan fingerprint density at radius 3 is 2.52 bits per heavy atom. The Labute approximate surface area is 160 Å². The number of piperidine rings is 1. The maximum atomic E-state index is 12.9. The molecule has 0 amide bonds. The van der Waals surface area contributed by atoms with Crippen molar-refractivity contribution >= 4 is 17.0 Å². The monoisotopic (exact) mass is 373 g/mol. The molecule has 1 aliphatic heterocycles. The zero-order valence-electron chi connectivity index (χ0n) is 16.6. The average molecular weight is 373 g/mol. The fourth-order valence-electron chi connectivity index (χ4n) is 4.44. The van der Waals surface area contributed by atoms with Crippen molar-refractivity contribution < 1.29 is 9.90 Å². The van der Waals surface area contributed by atoms with Crippen LogP contribution in [0.1, 0.15) is 64.0 Å². The second-order valence-electron chi connectivity index (χ2n) is 7.73. The summed E-state index contributed by atoms with van der Waals surface area (Å²) in [6.07, 6.45) is 3.97. The third kappa shape index (κ3) is 3.95. The minimum Gasteiger partial charge on any atom is -0.480 e. The van der Waals surface area contributed by atoms with Crippen molar-refractivity contribution in [3.05, 3.63) is 34.2 Å². The first-order valence-electron chi connectivity index (χ1n) is 10.1. The third-order valence-electron chi connectivity index (χ3n) is 5.87. The van der Waals surface area contributed by atoms with E-state index in [0.29, 0.717) is 12.5 Å². The number of carboxylic acids is 1. The molecular formula is C21H31N3O3. The largest absolute Gasteiger partial charge is 0.480 e. The van der Waals surface area contributed by atoms with Gasteiger partial charge in [0.25, 0.3) is 0 Å². The molecule has 1 N–H and O–H groups in total. The number of imidazole rings is 1. The molecule has 6 nitrogen and oxygen atoms in total. The number of hydrogen-bond acceptors (Lipinski definition) is 3. The van der Waals surface area contributed by atoms with E-state index in [9.17, 15) is 9.59 Å². The summed E-state index contributed by atoms with van der Waals surface area (Å²) in [6, 6.07) is 6.65. The van der Waals surface area contributed by atoms with Crippen LogP contribution in [-0.4, -0.2) is 44.7 Å². The van der Waals surface area contributed by atoms with Crippen molar-refractivity contribution in [1.82, 2.24) is 14.0 Å². The minimum atomic E-state index is -0.760. The van der Waals surface area contributed by atoms with E-state index in [-0.39, 0.29) is 18.3 Å². The molecule has 27 heavy (non-hydrogen) atoms. The van der Waals surface area contributed by atoms with E-state index in [1.54, 1.807) is 0 Å². The van der Waals surface area contributed by atoms with Crippen LogP contribution in [-0.2, 0) is 11.3 Å². The van der Waals surface area contributed by atoms with Gasteiger partial charge in [0.2, 0.25) is 0 Å². The fraction of sp³-hybridized carbons (Fsp3) is 0.619. The van der Waals surface area contributed by atoms with E-state index in [2.05, 4.69) is 32.0 Å². The molecule has 0 spiro atoms. The Hall–Kier alpha value is -2.08. The number of aliphatic carboxylic acids is 1. The van der Waals surface area contributed by atoms with Crippen molar-refractivity contribution in [2.45, 2.75) is 65.0 Å². The van der Waals surface area contributed by atoms with E-state index < -0.39 is 5.97 Å². The van der Waals surface area contributed by atoms with Gasteiger partial charge in [-0.1, -0.05) is 19.4 Å². The molecule has 2 heterocycles. The lowest BCUT2D eigenvalue weighted by Gasteiger charge is -2.31. The number of likely N-dealkylation sites (tertiary alicyclic amines) is 1. The molecule has 1 fully saturated rings. The summed E-state index contributed by atoms with van der Waals surface area (Å²) in [6.45, 7) is 8.70. The van der Waals surface area contributed by atoms with Crippen molar-refractivity contribution in [3.63, 3.8) is 0 Å². The third-order valence-corrected chi connectivity index (χ3v) is 5.87. The molecule has 1 aromatic carbocycles. The van der Waals surface area contributed by atoms with Gasteiger partial charge in [-0.3, -0.25) is 18.8 Å². The van der Waals surface area contributed by atoms with Gasteiger partial charge >= 0.3 is 11.7 Å². The van der Waals surface area contributed by atoms with Gasteiger partial charge < -0.3 is 5.11 Å². The Kier molecular flexibility index (Phi) is 6.05. The number of nitrogens with zero attached hydrogens (tertiary/aromatic N) is 3. The normalized spacial score (nSPS) is 17.4. The molecule has 148 valence electrons. The van der Waals surface area contributed by atoms with Gasteiger partial charge in [-0.05, 0) is 69.8 Å². The van der Waals surface area contributed by atoms with Crippen molar-refractivity contribution in [2.75, 3.05) is 19.6 Å². The molecule has 0 saturated carbocycles. The second-order valence-corrected chi connectivity index (χ2v) is 7.73. The van der Waals surface area contributed by atoms with E-state index >= 15 is 0 Å². The summed E-state index contributed by atoms with van der Waals surface area (Å²) in [7, 11) is 0. The highest BCUT2D eigenvalue weighted by molar-refractivity contribution is 5.77. The summed E-state index contributed by atoms with van der Waals surface area (Å²) in [5.41, 5.74) is 3.40. The SMILES string of the molecule is CCCC(C)n1c(=O)n(CC)c2cc(C3CCN(CC(=O)O)CC3)ccc21. The van der Waals surface area contributed by atoms with Crippen LogP contribution < -0.4 is 5.69 Å². The van der Waals surface area contributed by atoms with Crippen LogP contribution in [0, 0.1) is 0 Å². The number of rotatable bonds is 7. The Morgan fingerprint density at radius 2 is 1.93 bits per heavy atom. The maximum absolute atomic E-state index is 12.9. The Bertz CT molecular complexity index is 859. The number of carboxylic acid groups (broad SMARTS) is 1. The fourth-order valence-corrected chi connectivity index (χ4v) is 4.44. The predicted octanol–water partition coefficient (Wildman–Crippen LogP) is 3.45. The molecule has 0 radical (unpaired) electrons. The quantitative estimate of drug-likeness (QED) is 0.807. The molecule has 1 atom stereocenters. The lowest BCUT2D eigenvalue weighted by molar-refractivity contribution is -0.138. The highest BCUT2D eigenvalue weighted by Crippen LogP contribution is 2.31. The lowest BCUT2D eigenvalue weighted by atomic mass is 9.89. The predicted molar refractivity (Wildman–Crippen MR) is 108 cm³/mol. The molecule has 3 rings (SSSR count).